The van der Waals surface area contributed by atoms with Crippen molar-refractivity contribution in [3.05, 3.63) is 0 Å². The Kier molecular flexibility index (Phi) is 18.7. The van der Waals surface area contributed by atoms with Crippen molar-refractivity contribution >= 4 is 5.97 Å². The van der Waals surface area contributed by atoms with E-state index in [9.17, 15) is 4.79 Å². The highest BCUT2D eigenvalue weighted by molar-refractivity contribution is 5.66. The second-order valence-electron chi connectivity index (χ2n) is 3.71. The van der Waals surface area contributed by atoms with Gasteiger partial charge in [-0.3, -0.25) is 4.79 Å². The van der Waals surface area contributed by atoms with Crippen molar-refractivity contribution in [2.45, 2.75) is 58.3 Å². The van der Waals surface area contributed by atoms with Crippen LogP contribution in [0.3, 0.4) is 0 Å². The molecule has 0 aromatic heterocycles. The summed E-state index contributed by atoms with van der Waals surface area (Å²) in [6.45, 7) is 2.54. The van der Waals surface area contributed by atoms with E-state index in [1.807, 2.05) is 0 Å². The predicted molar refractivity (Wildman–Crippen MR) is 64.4 cm³/mol. The lowest BCUT2D eigenvalue weighted by molar-refractivity contribution is -0.137. The first-order valence-electron chi connectivity index (χ1n) is 6.12. The molecular formula is C12H26O4. The number of aliphatic hydroxyl groups excluding tert-OH is 2. The van der Waals surface area contributed by atoms with Gasteiger partial charge in [-0.05, 0) is 19.3 Å². The zero-order valence-corrected chi connectivity index (χ0v) is 10.3. The van der Waals surface area contributed by atoms with E-state index in [0.29, 0.717) is 6.42 Å². The second-order valence-corrected chi connectivity index (χ2v) is 3.71. The molecule has 0 saturated heterocycles. The summed E-state index contributed by atoms with van der Waals surface area (Å²) < 4.78 is 0. The van der Waals surface area contributed by atoms with Gasteiger partial charge in [-0.25, -0.2) is 0 Å². The Bertz CT molecular complexity index is 133. The van der Waals surface area contributed by atoms with Crippen molar-refractivity contribution < 1.29 is 20.1 Å². The molecule has 4 heteroatoms. The van der Waals surface area contributed by atoms with Gasteiger partial charge in [0.1, 0.15) is 0 Å². The van der Waals surface area contributed by atoms with Crippen LogP contribution in [0.15, 0.2) is 0 Å². The molecule has 0 saturated carbocycles. The number of aliphatic hydroxyl groups is 2. The molecule has 0 aliphatic carbocycles. The molecule has 0 amide bonds. The van der Waals surface area contributed by atoms with Gasteiger partial charge >= 0.3 is 5.97 Å². The van der Waals surface area contributed by atoms with Gasteiger partial charge in [-0.15, -0.1) is 0 Å². The van der Waals surface area contributed by atoms with Gasteiger partial charge in [0, 0.05) is 19.6 Å². The third-order valence-corrected chi connectivity index (χ3v) is 2.06. The molecule has 0 aliphatic rings. The molecule has 0 atom stereocenters. The van der Waals surface area contributed by atoms with Crippen LogP contribution in [0.2, 0.25) is 0 Å². The topological polar surface area (TPSA) is 77.8 Å². The zero-order valence-electron chi connectivity index (χ0n) is 10.3. The highest BCUT2D eigenvalue weighted by Gasteiger charge is 1.94. The summed E-state index contributed by atoms with van der Waals surface area (Å²) in [5, 5.41) is 24.4. The average Bonchev–Trinajstić information content (AvgIpc) is 2.26. The van der Waals surface area contributed by atoms with Crippen LogP contribution in [-0.2, 0) is 4.79 Å². The fraction of sp³-hybridized carbons (Fsp3) is 0.917. The molecule has 0 bridgehead atoms. The normalized spacial score (nSPS) is 9.44. The monoisotopic (exact) mass is 234 g/mol. The fourth-order valence-electron chi connectivity index (χ4n) is 1.10. The number of hydrogen-bond donors (Lipinski definition) is 3. The van der Waals surface area contributed by atoms with Crippen LogP contribution < -0.4 is 0 Å². The summed E-state index contributed by atoms with van der Waals surface area (Å²) in [6, 6.07) is 0. The van der Waals surface area contributed by atoms with Crippen LogP contribution in [0.4, 0.5) is 0 Å². The van der Waals surface area contributed by atoms with E-state index in [1.54, 1.807) is 0 Å². The second kappa shape index (κ2) is 16.8. The number of carbonyl (C=O) groups is 1. The van der Waals surface area contributed by atoms with E-state index in [0.717, 1.165) is 25.7 Å². The molecule has 0 radical (unpaired) electrons. The molecule has 0 rings (SSSR count). The molecule has 0 heterocycles. The van der Waals surface area contributed by atoms with E-state index in [-0.39, 0.29) is 13.2 Å². The number of carboxylic acids is 1. The van der Waals surface area contributed by atoms with Crippen molar-refractivity contribution in [2.24, 2.45) is 0 Å². The van der Waals surface area contributed by atoms with Gasteiger partial charge in [0.15, 0.2) is 0 Å². The predicted octanol–water partition coefficient (Wildman–Crippen LogP) is 2.18. The van der Waals surface area contributed by atoms with Crippen molar-refractivity contribution in [3.8, 4) is 0 Å². The van der Waals surface area contributed by atoms with Crippen LogP contribution in [0.1, 0.15) is 58.3 Å². The van der Waals surface area contributed by atoms with Gasteiger partial charge in [-0.2, -0.15) is 0 Å². The first kappa shape index (κ1) is 17.8. The van der Waals surface area contributed by atoms with Crippen LogP contribution in [0.25, 0.3) is 0 Å². The van der Waals surface area contributed by atoms with Crippen molar-refractivity contribution in [1.82, 2.24) is 0 Å². The van der Waals surface area contributed by atoms with Crippen LogP contribution in [-0.4, -0.2) is 34.5 Å². The molecule has 3 N–H and O–H groups in total. The lowest BCUT2D eigenvalue weighted by Gasteiger charge is -1.95. The highest BCUT2D eigenvalue weighted by Crippen LogP contribution is 2.04. The molecule has 0 fully saturated rings. The van der Waals surface area contributed by atoms with Crippen molar-refractivity contribution in [2.75, 3.05) is 13.2 Å². The minimum absolute atomic E-state index is 0.195. The quantitative estimate of drug-likeness (QED) is 0.534. The van der Waals surface area contributed by atoms with Crippen LogP contribution in [0.5, 0.6) is 0 Å². The van der Waals surface area contributed by atoms with Crippen LogP contribution >= 0.6 is 0 Å². The maximum absolute atomic E-state index is 10.0. The first-order valence-corrected chi connectivity index (χ1v) is 6.12. The lowest BCUT2D eigenvalue weighted by Crippen LogP contribution is -1.93. The number of unbranched alkanes of at least 4 members (excludes halogenated alkanes) is 5. The number of rotatable bonds is 9. The summed E-state index contributed by atoms with van der Waals surface area (Å²) in [5.74, 6) is -0.670. The van der Waals surface area contributed by atoms with Gasteiger partial charge in [0.2, 0.25) is 0 Å². The standard InChI is InChI=1S/C8H16O2.C4H10O2/c1-2-3-4-5-6-7-8(9)10;5-3-1-2-4-6/h2-7H2,1H3,(H,9,10);5-6H,1-4H2. The summed E-state index contributed by atoms with van der Waals surface area (Å²) in [4.78, 5) is 10.0. The Morgan fingerprint density at radius 2 is 1.38 bits per heavy atom. The Labute approximate surface area is 98.3 Å². The fourth-order valence-corrected chi connectivity index (χ4v) is 1.10. The zero-order chi connectivity index (χ0) is 12.6. The molecule has 16 heavy (non-hydrogen) atoms. The largest absolute Gasteiger partial charge is 0.481 e. The Morgan fingerprint density at radius 3 is 1.75 bits per heavy atom. The Hall–Kier alpha value is -0.610. The maximum Gasteiger partial charge on any atom is 0.303 e. The molecule has 0 aliphatic heterocycles. The molecule has 0 unspecified atom stereocenters. The van der Waals surface area contributed by atoms with Gasteiger partial charge in [0.25, 0.3) is 0 Å². The smallest absolute Gasteiger partial charge is 0.303 e. The lowest BCUT2D eigenvalue weighted by atomic mass is 10.1. The number of aliphatic carboxylic acids is 1. The first-order chi connectivity index (χ1) is 7.68. The summed E-state index contributed by atoms with van der Waals surface area (Å²) in [7, 11) is 0. The Morgan fingerprint density at radius 1 is 0.875 bits per heavy atom. The minimum atomic E-state index is -0.670. The van der Waals surface area contributed by atoms with E-state index in [4.69, 9.17) is 15.3 Å². The van der Waals surface area contributed by atoms with Crippen molar-refractivity contribution in [1.29, 1.82) is 0 Å². The van der Waals surface area contributed by atoms with E-state index in [1.165, 1.54) is 19.3 Å². The van der Waals surface area contributed by atoms with Crippen molar-refractivity contribution in [3.63, 3.8) is 0 Å². The van der Waals surface area contributed by atoms with E-state index < -0.39 is 5.97 Å². The third-order valence-electron chi connectivity index (χ3n) is 2.06. The molecule has 0 aromatic rings. The number of hydrogen-bond acceptors (Lipinski definition) is 3. The molecule has 0 spiro atoms. The molecule has 98 valence electrons. The average molecular weight is 234 g/mol. The van der Waals surface area contributed by atoms with E-state index in [2.05, 4.69) is 6.92 Å². The van der Waals surface area contributed by atoms with Gasteiger partial charge < -0.3 is 15.3 Å². The van der Waals surface area contributed by atoms with Gasteiger partial charge in [0.05, 0.1) is 0 Å². The molecular weight excluding hydrogens is 208 g/mol. The van der Waals surface area contributed by atoms with E-state index >= 15 is 0 Å². The molecule has 0 aromatic carbocycles. The summed E-state index contributed by atoms with van der Waals surface area (Å²) >= 11 is 0. The van der Waals surface area contributed by atoms with Crippen LogP contribution in [0, 0.1) is 0 Å². The summed E-state index contributed by atoms with van der Waals surface area (Å²) in [6.07, 6.45) is 7.32. The highest BCUT2D eigenvalue weighted by atomic mass is 16.4. The third kappa shape index (κ3) is 23.3. The van der Waals surface area contributed by atoms with Gasteiger partial charge in [-0.1, -0.05) is 32.6 Å². The maximum atomic E-state index is 10.0. The SMILES string of the molecule is CCCCCCCC(=O)O.OCCCCO. The minimum Gasteiger partial charge on any atom is -0.481 e. The Balaban J connectivity index is 0. The summed E-state index contributed by atoms with van der Waals surface area (Å²) in [5.41, 5.74) is 0. The molecule has 4 nitrogen and oxygen atoms in total. The number of carboxylic acid groups (broad SMARTS) is 1.